The second-order valence-electron chi connectivity index (χ2n) is 6.55. The molecule has 5 aromatic rings. The highest BCUT2D eigenvalue weighted by Crippen LogP contribution is 2.27. The third kappa shape index (κ3) is 2.47. The highest BCUT2D eigenvalue weighted by atomic mass is 14.7. The minimum absolute atomic E-state index is 1.04. The molecule has 6 rings (SSSR count). The Kier molecular flexibility index (Phi) is 3.53. The van der Waals surface area contributed by atoms with Crippen molar-refractivity contribution in [1.29, 1.82) is 0 Å². The fraction of sp³-hybridized carbons (Fsp3) is 0.0417. The summed E-state index contributed by atoms with van der Waals surface area (Å²) in [6.07, 6.45) is 9.30. The van der Waals surface area contributed by atoms with Crippen molar-refractivity contribution in [3.8, 4) is 0 Å². The number of hydrogen-bond donors (Lipinski definition) is 1. The summed E-state index contributed by atoms with van der Waals surface area (Å²) in [6, 6.07) is 23.3. The summed E-state index contributed by atoms with van der Waals surface area (Å²) < 4.78 is 0. The van der Waals surface area contributed by atoms with Crippen molar-refractivity contribution in [2.24, 2.45) is 0 Å². The number of aromatic amines is 1. The molecule has 0 unspecified atom stereocenters. The molecule has 0 aliphatic heterocycles. The van der Waals surface area contributed by atoms with Gasteiger partial charge in [0.25, 0.3) is 0 Å². The van der Waals surface area contributed by atoms with Gasteiger partial charge in [-0.2, -0.15) is 0 Å². The normalized spacial score (nSPS) is 12.3. The van der Waals surface area contributed by atoms with Gasteiger partial charge in [0.05, 0.1) is 11.0 Å². The van der Waals surface area contributed by atoms with E-state index in [1.54, 1.807) is 0 Å². The van der Waals surface area contributed by atoms with Crippen LogP contribution < -0.4 is 0 Å². The monoisotopic (exact) mass is 334 g/mol. The maximum Gasteiger partial charge on any atom is 0.0723 e. The molecule has 2 heterocycles. The summed E-state index contributed by atoms with van der Waals surface area (Å²) >= 11 is 0. The van der Waals surface area contributed by atoms with Crippen LogP contribution in [0.25, 0.3) is 38.7 Å². The SMILES string of the molecule is C1=Cc2cccc3cccc(c23)C1.c1cnc2ccc3cc[nH]c3c2c1. The molecule has 0 atom stereocenters. The predicted octanol–water partition coefficient (Wildman–Crippen LogP) is 6.13. The van der Waals surface area contributed by atoms with Gasteiger partial charge in [-0.25, -0.2) is 0 Å². The van der Waals surface area contributed by atoms with Crippen LogP contribution in [-0.4, -0.2) is 9.97 Å². The Hall–Kier alpha value is -3.39. The zero-order chi connectivity index (χ0) is 17.3. The first-order valence-electron chi connectivity index (χ1n) is 8.88. The zero-order valence-electron chi connectivity index (χ0n) is 14.3. The van der Waals surface area contributed by atoms with Crippen LogP contribution in [0.3, 0.4) is 0 Å². The van der Waals surface area contributed by atoms with Gasteiger partial charge in [-0.3, -0.25) is 4.98 Å². The number of fused-ring (bicyclic) bond motifs is 3. The summed E-state index contributed by atoms with van der Waals surface area (Å²) in [6.45, 7) is 0. The summed E-state index contributed by atoms with van der Waals surface area (Å²) in [4.78, 5) is 7.51. The van der Waals surface area contributed by atoms with E-state index in [4.69, 9.17) is 0 Å². The van der Waals surface area contributed by atoms with E-state index in [1.807, 2.05) is 24.5 Å². The molecule has 0 bridgehead atoms. The summed E-state index contributed by atoms with van der Waals surface area (Å²) in [5, 5.41) is 5.22. The van der Waals surface area contributed by atoms with Gasteiger partial charge in [0.15, 0.2) is 0 Å². The van der Waals surface area contributed by atoms with Gasteiger partial charge in [0, 0.05) is 23.2 Å². The Morgan fingerprint density at radius 2 is 1.73 bits per heavy atom. The number of hydrogen-bond acceptors (Lipinski definition) is 1. The second-order valence-corrected chi connectivity index (χ2v) is 6.55. The molecule has 0 amide bonds. The van der Waals surface area contributed by atoms with Crippen molar-refractivity contribution in [2.75, 3.05) is 0 Å². The first-order valence-corrected chi connectivity index (χ1v) is 8.88. The molecule has 3 aromatic carbocycles. The van der Waals surface area contributed by atoms with Crippen LogP contribution in [0.15, 0.2) is 85.2 Å². The lowest BCUT2D eigenvalue weighted by molar-refractivity contribution is 1.29. The Morgan fingerprint density at radius 3 is 2.69 bits per heavy atom. The third-order valence-corrected chi connectivity index (χ3v) is 4.97. The second kappa shape index (κ2) is 6.16. The molecule has 2 aromatic heterocycles. The Morgan fingerprint density at radius 1 is 0.808 bits per heavy atom. The van der Waals surface area contributed by atoms with Gasteiger partial charge in [-0.15, -0.1) is 0 Å². The average Bonchev–Trinajstić information content (AvgIpc) is 3.19. The highest BCUT2D eigenvalue weighted by Gasteiger charge is 2.06. The summed E-state index contributed by atoms with van der Waals surface area (Å²) in [5.41, 5.74) is 5.03. The number of aromatic nitrogens is 2. The lowest BCUT2D eigenvalue weighted by Gasteiger charge is -2.11. The number of H-pyrrole nitrogens is 1. The number of nitrogens with zero attached hydrogens (tertiary/aromatic N) is 1. The van der Waals surface area contributed by atoms with E-state index in [9.17, 15) is 0 Å². The molecular formula is C24H18N2. The molecule has 0 fully saturated rings. The molecule has 0 spiro atoms. The topological polar surface area (TPSA) is 28.7 Å². The van der Waals surface area contributed by atoms with E-state index in [0.29, 0.717) is 0 Å². The van der Waals surface area contributed by atoms with Crippen LogP contribution in [0.2, 0.25) is 0 Å². The van der Waals surface area contributed by atoms with Gasteiger partial charge >= 0.3 is 0 Å². The van der Waals surface area contributed by atoms with E-state index in [1.165, 1.54) is 38.2 Å². The maximum absolute atomic E-state index is 4.29. The molecule has 1 N–H and O–H groups in total. The predicted molar refractivity (Wildman–Crippen MR) is 110 cm³/mol. The fourth-order valence-electron chi connectivity index (χ4n) is 3.76. The number of pyridine rings is 1. The van der Waals surface area contributed by atoms with Crippen LogP contribution in [-0.2, 0) is 6.42 Å². The van der Waals surface area contributed by atoms with Gasteiger partial charge in [-0.05, 0) is 52.6 Å². The Labute approximate surface area is 151 Å². The van der Waals surface area contributed by atoms with Crippen molar-refractivity contribution in [2.45, 2.75) is 6.42 Å². The van der Waals surface area contributed by atoms with Gasteiger partial charge in [0.2, 0.25) is 0 Å². The highest BCUT2D eigenvalue weighted by molar-refractivity contribution is 6.03. The first kappa shape index (κ1) is 14.9. The van der Waals surface area contributed by atoms with Crippen LogP contribution in [0, 0.1) is 0 Å². The largest absolute Gasteiger partial charge is 0.361 e. The Bertz CT molecular complexity index is 1260. The minimum Gasteiger partial charge on any atom is -0.361 e. The van der Waals surface area contributed by atoms with E-state index < -0.39 is 0 Å². The third-order valence-electron chi connectivity index (χ3n) is 4.97. The summed E-state index contributed by atoms with van der Waals surface area (Å²) in [5.74, 6) is 0. The standard InChI is InChI=1S/C13H10.C11H8N2/c1-4-10-6-2-8-12-9-3-7-11(5-1)13(10)12;1-2-9-10(12-6-1)4-3-8-5-7-13-11(8)9/h1-8H,9H2;1-7,13H. The molecule has 0 saturated carbocycles. The van der Waals surface area contributed by atoms with Crippen molar-refractivity contribution >= 4 is 38.7 Å². The molecule has 26 heavy (non-hydrogen) atoms. The molecule has 2 heteroatoms. The number of benzene rings is 3. The van der Waals surface area contributed by atoms with Crippen LogP contribution in [0.5, 0.6) is 0 Å². The smallest absolute Gasteiger partial charge is 0.0723 e. The molecule has 1 aliphatic rings. The van der Waals surface area contributed by atoms with Crippen molar-refractivity contribution in [3.63, 3.8) is 0 Å². The molecular weight excluding hydrogens is 316 g/mol. The molecule has 2 nitrogen and oxygen atoms in total. The van der Waals surface area contributed by atoms with E-state index >= 15 is 0 Å². The quantitative estimate of drug-likeness (QED) is 0.363. The lowest BCUT2D eigenvalue weighted by atomic mass is 9.93. The van der Waals surface area contributed by atoms with E-state index in [-0.39, 0.29) is 0 Å². The maximum atomic E-state index is 4.29. The fourth-order valence-corrected chi connectivity index (χ4v) is 3.76. The van der Waals surface area contributed by atoms with E-state index in [0.717, 1.165) is 11.9 Å². The van der Waals surface area contributed by atoms with Gasteiger partial charge in [0.1, 0.15) is 0 Å². The van der Waals surface area contributed by atoms with Crippen molar-refractivity contribution in [3.05, 3.63) is 96.3 Å². The molecule has 0 radical (unpaired) electrons. The summed E-state index contributed by atoms with van der Waals surface area (Å²) in [7, 11) is 0. The van der Waals surface area contributed by atoms with Crippen LogP contribution in [0.4, 0.5) is 0 Å². The molecule has 124 valence electrons. The number of rotatable bonds is 0. The Balaban J connectivity index is 0.000000115. The van der Waals surface area contributed by atoms with Crippen molar-refractivity contribution in [1.82, 2.24) is 9.97 Å². The van der Waals surface area contributed by atoms with Crippen LogP contribution >= 0.6 is 0 Å². The van der Waals surface area contributed by atoms with Gasteiger partial charge < -0.3 is 4.98 Å². The van der Waals surface area contributed by atoms with Crippen molar-refractivity contribution < 1.29 is 0 Å². The van der Waals surface area contributed by atoms with Gasteiger partial charge in [-0.1, -0.05) is 54.6 Å². The van der Waals surface area contributed by atoms with Crippen LogP contribution in [0.1, 0.15) is 11.1 Å². The first-order chi connectivity index (χ1) is 12.9. The minimum atomic E-state index is 1.04. The average molecular weight is 334 g/mol. The number of nitrogens with one attached hydrogen (secondary N) is 1. The molecule has 1 aliphatic carbocycles. The van der Waals surface area contributed by atoms with E-state index in [2.05, 4.69) is 76.7 Å². The zero-order valence-corrected chi connectivity index (χ0v) is 14.3. The lowest BCUT2D eigenvalue weighted by Crippen LogP contribution is -1.91. The number of allylic oxidation sites excluding steroid dienone is 1. The molecule has 0 saturated heterocycles.